The van der Waals surface area contributed by atoms with Crippen molar-refractivity contribution in [2.45, 2.75) is 25.3 Å². The lowest BCUT2D eigenvalue weighted by Crippen LogP contribution is -2.51. The number of carbonyl (C=O) groups is 1. The lowest BCUT2D eigenvalue weighted by Gasteiger charge is -2.26. The van der Waals surface area contributed by atoms with Crippen LogP contribution in [0, 0.1) is 5.92 Å². The molecule has 0 radical (unpaired) electrons. The molecule has 2 unspecified atom stereocenters. The summed E-state index contributed by atoms with van der Waals surface area (Å²) >= 11 is 0. The summed E-state index contributed by atoms with van der Waals surface area (Å²) in [5.74, 6) is 0.314. The van der Waals surface area contributed by atoms with Gasteiger partial charge in [-0.3, -0.25) is 4.79 Å². The first-order valence-electron chi connectivity index (χ1n) is 6.27. The Kier molecular flexibility index (Phi) is 4.91. The Labute approximate surface area is 104 Å². The fourth-order valence-electron chi connectivity index (χ4n) is 2.25. The smallest absolute Gasteiger partial charge is 0.237 e. The van der Waals surface area contributed by atoms with Crippen molar-refractivity contribution in [1.82, 2.24) is 9.80 Å². The summed E-state index contributed by atoms with van der Waals surface area (Å²) in [5.41, 5.74) is 10.2. The van der Waals surface area contributed by atoms with E-state index in [4.69, 9.17) is 11.5 Å². The van der Waals surface area contributed by atoms with Gasteiger partial charge in [0.25, 0.3) is 0 Å². The molecule has 1 saturated heterocycles. The van der Waals surface area contributed by atoms with Crippen molar-refractivity contribution in [3.63, 3.8) is 0 Å². The summed E-state index contributed by atoms with van der Waals surface area (Å²) < 4.78 is 0. The molecule has 0 aromatic rings. The van der Waals surface area contributed by atoms with Gasteiger partial charge in [0.15, 0.2) is 0 Å². The molecule has 1 rings (SSSR count). The number of rotatable bonds is 6. The fraction of sp³-hybridized carbons (Fsp3) is 0.917. The van der Waals surface area contributed by atoms with Crippen LogP contribution in [0.4, 0.5) is 0 Å². The van der Waals surface area contributed by atoms with Gasteiger partial charge in [0.2, 0.25) is 5.91 Å². The topological polar surface area (TPSA) is 75.6 Å². The minimum Gasteiger partial charge on any atom is -0.368 e. The van der Waals surface area contributed by atoms with E-state index in [9.17, 15) is 4.79 Å². The lowest BCUT2D eigenvalue weighted by atomic mass is 9.98. The monoisotopic (exact) mass is 242 g/mol. The predicted molar refractivity (Wildman–Crippen MR) is 69.5 cm³/mol. The molecule has 4 N–H and O–H groups in total. The Morgan fingerprint density at radius 1 is 1.59 bits per heavy atom. The van der Waals surface area contributed by atoms with Crippen molar-refractivity contribution in [2.75, 3.05) is 40.3 Å². The average molecular weight is 242 g/mol. The molecule has 2 atom stereocenters. The zero-order valence-electron chi connectivity index (χ0n) is 11.3. The van der Waals surface area contributed by atoms with E-state index >= 15 is 0 Å². The third-order valence-corrected chi connectivity index (χ3v) is 3.63. The largest absolute Gasteiger partial charge is 0.368 e. The SMILES string of the molecule is CN1CCC(CN(C)CCC(C)(N)C(N)=O)C1. The van der Waals surface area contributed by atoms with Gasteiger partial charge >= 0.3 is 0 Å². The molecule has 1 aliphatic heterocycles. The van der Waals surface area contributed by atoms with Gasteiger partial charge in [0, 0.05) is 19.6 Å². The summed E-state index contributed by atoms with van der Waals surface area (Å²) in [6, 6.07) is 0. The van der Waals surface area contributed by atoms with Crippen LogP contribution in [-0.2, 0) is 4.79 Å². The lowest BCUT2D eigenvalue weighted by molar-refractivity contribution is -0.122. The third kappa shape index (κ3) is 4.61. The van der Waals surface area contributed by atoms with Crippen molar-refractivity contribution < 1.29 is 4.79 Å². The molecule has 1 fully saturated rings. The maximum atomic E-state index is 11.1. The number of hydrogen-bond acceptors (Lipinski definition) is 4. The van der Waals surface area contributed by atoms with E-state index in [0.717, 1.165) is 19.0 Å². The first kappa shape index (κ1) is 14.4. The normalized spacial score (nSPS) is 25.1. The van der Waals surface area contributed by atoms with E-state index in [1.54, 1.807) is 6.92 Å². The zero-order chi connectivity index (χ0) is 13.1. The molecule has 1 aliphatic rings. The highest BCUT2D eigenvalue weighted by Crippen LogP contribution is 2.15. The molecule has 0 spiro atoms. The average Bonchev–Trinajstić information content (AvgIpc) is 2.61. The van der Waals surface area contributed by atoms with Gasteiger partial charge in [0.1, 0.15) is 0 Å². The van der Waals surface area contributed by atoms with E-state index in [0.29, 0.717) is 6.42 Å². The van der Waals surface area contributed by atoms with Crippen molar-refractivity contribution in [3.8, 4) is 0 Å². The van der Waals surface area contributed by atoms with Crippen LogP contribution in [-0.4, -0.2) is 61.5 Å². The van der Waals surface area contributed by atoms with Crippen LogP contribution in [0.1, 0.15) is 19.8 Å². The van der Waals surface area contributed by atoms with Gasteiger partial charge in [-0.25, -0.2) is 0 Å². The second kappa shape index (κ2) is 5.80. The minimum absolute atomic E-state index is 0.425. The van der Waals surface area contributed by atoms with Crippen molar-refractivity contribution in [3.05, 3.63) is 0 Å². The Hall–Kier alpha value is -0.650. The fourth-order valence-corrected chi connectivity index (χ4v) is 2.25. The summed E-state index contributed by atoms with van der Waals surface area (Å²) in [6.45, 7) is 5.94. The second-order valence-electron chi connectivity index (χ2n) is 5.71. The van der Waals surface area contributed by atoms with E-state index in [2.05, 4.69) is 23.9 Å². The molecule has 0 aromatic heterocycles. The van der Waals surface area contributed by atoms with E-state index in [1.165, 1.54) is 19.5 Å². The highest BCUT2D eigenvalue weighted by atomic mass is 16.1. The number of nitrogens with two attached hydrogens (primary N) is 2. The first-order chi connectivity index (χ1) is 7.81. The summed E-state index contributed by atoms with van der Waals surface area (Å²) in [7, 11) is 4.24. The Morgan fingerprint density at radius 2 is 2.24 bits per heavy atom. The van der Waals surface area contributed by atoms with Gasteiger partial charge in [-0.15, -0.1) is 0 Å². The summed E-state index contributed by atoms with van der Waals surface area (Å²) in [4.78, 5) is 15.7. The van der Waals surface area contributed by atoms with Crippen LogP contribution in [0.25, 0.3) is 0 Å². The number of likely N-dealkylation sites (tertiary alicyclic amines) is 1. The Morgan fingerprint density at radius 3 is 2.71 bits per heavy atom. The number of primary amides is 1. The number of carbonyl (C=O) groups excluding carboxylic acids is 1. The van der Waals surface area contributed by atoms with Gasteiger partial charge in [-0.05, 0) is 46.3 Å². The van der Waals surface area contributed by atoms with Crippen LogP contribution in [0.5, 0.6) is 0 Å². The molecule has 1 amide bonds. The van der Waals surface area contributed by atoms with E-state index < -0.39 is 11.4 Å². The Balaban J connectivity index is 2.25. The standard InChI is InChI=1S/C12H26N4O/c1-12(14,11(13)17)5-7-16(3)9-10-4-6-15(2)8-10/h10H,4-9,14H2,1-3H3,(H2,13,17). The summed E-state index contributed by atoms with van der Waals surface area (Å²) in [5, 5.41) is 0. The van der Waals surface area contributed by atoms with Crippen LogP contribution < -0.4 is 11.5 Å². The third-order valence-electron chi connectivity index (χ3n) is 3.63. The number of nitrogens with zero attached hydrogens (tertiary/aromatic N) is 2. The molecule has 100 valence electrons. The molecular weight excluding hydrogens is 216 g/mol. The van der Waals surface area contributed by atoms with Gasteiger partial charge in [0.05, 0.1) is 5.54 Å². The van der Waals surface area contributed by atoms with Crippen LogP contribution in [0.15, 0.2) is 0 Å². The zero-order valence-corrected chi connectivity index (χ0v) is 11.3. The van der Waals surface area contributed by atoms with Crippen LogP contribution >= 0.6 is 0 Å². The van der Waals surface area contributed by atoms with Gasteiger partial charge < -0.3 is 21.3 Å². The van der Waals surface area contributed by atoms with Gasteiger partial charge in [-0.1, -0.05) is 0 Å². The molecule has 0 aliphatic carbocycles. The van der Waals surface area contributed by atoms with E-state index in [-0.39, 0.29) is 0 Å². The first-order valence-corrected chi connectivity index (χ1v) is 6.27. The molecule has 1 heterocycles. The molecule has 0 aromatic carbocycles. The summed E-state index contributed by atoms with van der Waals surface area (Å²) in [6.07, 6.45) is 1.87. The van der Waals surface area contributed by atoms with E-state index in [1.807, 2.05) is 0 Å². The van der Waals surface area contributed by atoms with Crippen LogP contribution in [0.3, 0.4) is 0 Å². The Bertz CT molecular complexity index is 267. The minimum atomic E-state index is -0.888. The number of hydrogen-bond donors (Lipinski definition) is 2. The van der Waals surface area contributed by atoms with Crippen LogP contribution in [0.2, 0.25) is 0 Å². The quantitative estimate of drug-likeness (QED) is 0.656. The number of amides is 1. The predicted octanol–water partition coefficient (Wildman–Crippen LogP) is -0.537. The van der Waals surface area contributed by atoms with Crippen molar-refractivity contribution in [2.24, 2.45) is 17.4 Å². The maximum Gasteiger partial charge on any atom is 0.237 e. The van der Waals surface area contributed by atoms with Crippen molar-refractivity contribution >= 4 is 5.91 Å². The second-order valence-corrected chi connectivity index (χ2v) is 5.71. The highest BCUT2D eigenvalue weighted by Gasteiger charge is 2.26. The molecular formula is C12H26N4O. The van der Waals surface area contributed by atoms with Crippen molar-refractivity contribution in [1.29, 1.82) is 0 Å². The molecule has 5 nitrogen and oxygen atoms in total. The molecule has 17 heavy (non-hydrogen) atoms. The molecule has 0 saturated carbocycles. The molecule has 0 bridgehead atoms. The highest BCUT2D eigenvalue weighted by molar-refractivity contribution is 5.83. The maximum absolute atomic E-state index is 11.1. The molecule has 5 heteroatoms. The van der Waals surface area contributed by atoms with Gasteiger partial charge in [-0.2, -0.15) is 0 Å².